The Morgan fingerprint density at radius 2 is 1.86 bits per heavy atom. The number of carbonyl (C=O) groups excluding carboxylic acids is 1. The zero-order valence-electron chi connectivity index (χ0n) is 16.3. The van der Waals surface area contributed by atoms with Gasteiger partial charge >= 0.3 is 5.97 Å². The van der Waals surface area contributed by atoms with Crippen LogP contribution in [0.4, 0.5) is 11.4 Å². The Labute approximate surface area is 164 Å². The van der Waals surface area contributed by atoms with E-state index in [9.17, 15) is 19.7 Å². The third-order valence-corrected chi connectivity index (χ3v) is 5.76. The summed E-state index contributed by atoms with van der Waals surface area (Å²) in [6, 6.07) is 4.40. The highest BCUT2D eigenvalue weighted by molar-refractivity contribution is 5.96. The number of anilines is 1. The first-order valence-electron chi connectivity index (χ1n) is 9.81. The number of aliphatic carboxylic acids is 1. The molecule has 1 aromatic carbocycles. The predicted octanol–water partition coefficient (Wildman–Crippen LogP) is 3.06. The molecule has 152 valence electrons. The molecule has 1 saturated carbocycles. The third kappa shape index (κ3) is 4.43. The molecule has 1 heterocycles. The number of carboxylic acids is 1. The van der Waals surface area contributed by atoms with E-state index in [1.807, 2.05) is 4.90 Å². The van der Waals surface area contributed by atoms with Gasteiger partial charge in [0, 0.05) is 30.8 Å². The van der Waals surface area contributed by atoms with Crippen LogP contribution in [-0.2, 0) is 4.79 Å². The summed E-state index contributed by atoms with van der Waals surface area (Å²) >= 11 is 0. The van der Waals surface area contributed by atoms with Gasteiger partial charge in [-0.15, -0.1) is 0 Å². The number of benzene rings is 1. The van der Waals surface area contributed by atoms with Gasteiger partial charge in [0.05, 0.1) is 10.8 Å². The monoisotopic (exact) mass is 389 g/mol. The fourth-order valence-electron chi connectivity index (χ4n) is 4.54. The summed E-state index contributed by atoms with van der Waals surface area (Å²) in [6.07, 6.45) is 2.63. The Morgan fingerprint density at radius 3 is 2.43 bits per heavy atom. The van der Waals surface area contributed by atoms with E-state index in [4.69, 9.17) is 5.11 Å². The Kier molecular flexibility index (Phi) is 5.86. The molecule has 1 amide bonds. The molecule has 0 bridgehead atoms. The first-order valence-corrected chi connectivity index (χ1v) is 9.81. The average molecular weight is 389 g/mol. The van der Waals surface area contributed by atoms with Gasteiger partial charge in [-0.05, 0) is 49.7 Å². The van der Waals surface area contributed by atoms with Crippen molar-refractivity contribution in [3.8, 4) is 0 Å². The number of nitrogens with zero attached hydrogens (tertiary/aromatic N) is 2. The number of carbonyl (C=O) groups is 2. The van der Waals surface area contributed by atoms with Crippen molar-refractivity contribution in [3.05, 3.63) is 33.9 Å². The second kappa shape index (κ2) is 8.16. The molecule has 2 N–H and O–H groups in total. The first-order chi connectivity index (χ1) is 13.2. The van der Waals surface area contributed by atoms with Gasteiger partial charge < -0.3 is 15.3 Å². The highest BCUT2D eigenvalue weighted by Crippen LogP contribution is 2.34. The van der Waals surface area contributed by atoms with Crippen molar-refractivity contribution in [2.45, 2.75) is 45.6 Å². The second-order valence-electron chi connectivity index (χ2n) is 8.33. The fourth-order valence-corrected chi connectivity index (χ4v) is 4.54. The Balaban J connectivity index is 1.76. The van der Waals surface area contributed by atoms with Gasteiger partial charge in [0.2, 0.25) is 0 Å². The molecule has 2 fully saturated rings. The SMILES string of the molecule is CC1CC(C)CN(c2ccc(C(=O)N[C@H]3CC[C@@H](C(=O)O)C3)cc2[N+](=O)[O-])C1. The molecular formula is C20H27N3O5. The lowest BCUT2D eigenvalue weighted by molar-refractivity contribution is -0.384. The highest BCUT2D eigenvalue weighted by atomic mass is 16.6. The van der Waals surface area contributed by atoms with Gasteiger partial charge in [0.15, 0.2) is 0 Å². The van der Waals surface area contributed by atoms with Crippen molar-refractivity contribution in [2.24, 2.45) is 17.8 Å². The van der Waals surface area contributed by atoms with E-state index in [-0.39, 0.29) is 17.3 Å². The lowest BCUT2D eigenvalue weighted by Crippen LogP contribution is -2.39. The summed E-state index contributed by atoms with van der Waals surface area (Å²) in [4.78, 5) is 36.9. The topological polar surface area (TPSA) is 113 Å². The highest BCUT2D eigenvalue weighted by Gasteiger charge is 2.32. The molecule has 1 aliphatic carbocycles. The van der Waals surface area contributed by atoms with Crippen LogP contribution >= 0.6 is 0 Å². The minimum Gasteiger partial charge on any atom is -0.481 e. The lowest BCUT2D eigenvalue weighted by Gasteiger charge is -2.36. The number of nitro groups is 1. The summed E-state index contributed by atoms with van der Waals surface area (Å²) < 4.78 is 0. The number of nitrogens with one attached hydrogen (secondary N) is 1. The maximum atomic E-state index is 12.5. The van der Waals surface area contributed by atoms with E-state index >= 15 is 0 Å². The maximum Gasteiger partial charge on any atom is 0.306 e. The van der Waals surface area contributed by atoms with Crippen molar-refractivity contribution in [1.82, 2.24) is 5.32 Å². The van der Waals surface area contributed by atoms with E-state index < -0.39 is 22.7 Å². The van der Waals surface area contributed by atoms with E-state index in [2.05, 4.69) is 19.2 Å². The van der Waals surface area contributed by atoms with Crippen molar-refractivity contribution < 1.29 is 19.6 Å². The molecule has 4 atom stereocenters. The van der Waals surface area contributed by atoms with Crippen LogP contribution in [0.3, 0.4) is 0 Å². The van der Waals surface area contributed by atoms with Gasteiger partial charge in [-0.25, -0.2) is 0 Å². The fraction of sp³-hybridized carbons (Fsp3) is 0.600. The van der Waals surface area contributed by atoms with Crippen LogP contribution in [0.5, 0.6) is 0 Å². The van der Waals surface area contributed by atoms with E-state index in [0.29, 0.717) is 36.8 Å². The molecule has 0 radical (unpaired) electrons. The van der Waals surface area contributed by atoms with Crippen molar-refractivity contribution in [3.63, 3.8) is 0 Å². The molecule has 2 unspecified atom stereocenters. The largest absolute Gasteiger partial charge is 0.481 e. The number of carboxylic acid groups (broad SMARTS) is 1. The molecule has 0 spiro atoms. The maximum absolute atomic E-state index is 12.5. The van der Waals surface area contributed by atoms with Crippen molar-refractivity contribution in [1.29, 1.82) is 0 Å². The van der Waals surface area contributed by atoms with Crippen LogP contribution in [0, 0.1) is 27.9 Å². The van der Waals surface area contributed by atoms with Crippen LogP contribution < -0.4 is 10.2 Å². The van der Waals surface area contributed by atoms with Crippen molar-refractivity contribution >= 4 is 23.3 Å². The van der Waals surface area contributed by atoms with Crippen LogP contribution in [0.2, 0.25) is 0 Å². The van der Waals surface area contributed by atoms with Crippen molar-refractivity contribution in [2.75, 3.05) is 18.0 Å². The summed E-state index contributed by atoms with van der Waals surface area (Å²) in [6.45, 7) is 5.80. The Hall–Kier alpha value is -2.64. The van der Waals surface area contributed by atoms with E-state index in [1.165, 1.54) is 6.07 Å². The number of nitro benzene ring substituents is 1. The zero-order valence-corrected chi connectivity index (χ0v) is 16.3. The summed E-state index contributed by atoms with van der Waals surface area (Å²) in [5.74, 6) is -0.773. The van der Waals surface area contributed by atoms with Crippen LogP contribution in [-0.4, -0.2) is 41.0 Å². The standard InChI is InChI=1S/C20H27N3O5/c1-12-7-13(2)11-22(10-12)17-6-4-14(9-18(17)23(27)28)19(24)21-16-5-3-15(8-16)20(25)26/h4,6,9,12-13,15-16H,3,5,7-8,10-11H2,1-2H3,(H,21,24)(H,25,26)/t12?,13?,15-,16+/m1/s1. The summed E-state index contributed by atoms with van der Waals surface area (Å²) in [5.41, 5.74) is 0.711. The predicted molar refractivity (Wildman–Crippen MR) is 104 cm³/mol. The molecule has 8 nitrogen and oxygen atoms in total. The molecule has 0 aromatic heterocycles. The molecule has 28 heavy (non-hydrogen) atoms. The number of amides is 1. The normalized spacial score (nSPS) is 27.4. The lowest BCUT2D eigenvalue weighted by atomic mass is 9.91. The minimum atomic E-state index is -0.846. The van der Waals surface area contributed by atoms with Gasteiger partial charge in [0.25, 0.3) is 11.6 Å². The average Bonchev–Trinajstić information content (AvgIpc) is 3.09. The molecule has 1 saturated heterocycles. The smallest absolute Gasteiger partial charge is 0.306 e. The first kappa shape index (κ1) is 20.1. The number of rotatable bonds is 5. The van der Waals surface area contributed by atoms with E-state index in [1.54, 1.807) is 12.1 Å². The van der Waals surface area contributed by atoms with Gasteiger partial charge in [-0.1, -0.05) is 13.8 Å². The van der Waals surface area contributed by atoms with E-state index in [0.717, 1.165) is 19.5 Å². The quantitative estimate of drug-likeness (QED) is 0.591. The second-order valence-corrected chi connectivity index (χ2v) is 8.33. The van der Waals surface area contributed by atoms with Crippen LogP contribution in [0.15, 0.2) is 18.2 Å². The molecule has 1 aromatic rings. The molecule has 8 heteroatoms. The van der Waals surface area contributed by atoms with Gasteiger partial charge in [0.1, 0.15) is 5.69 Å². The number of piperidine rings is 1. The van der Waals surface area contributed by atoms with Crippen LogP contribution in [0.1, 0.15) is 49.9 Å². The molecule has 2 aliphatic rings. The Morgan fingerprint density at radius 1 is 1.18 bits per heavy atom. The summed E-state index contributed by atoms with van der Waals surface area (Å²) in [7, 11) is 0. The Bertz CT molecular complexity index is 771. The summed E-state index contributed by atoms with van der Waals surface area (Å²) in [5, 5.41) is 23.5. The zero-order chi connectivity index (χ0) is 20.4. The minimum absolute atomic E-state index is 0.0659. The third-order valence-electron chi connectivity index (χ3n) is 5.76. The molecule has 1 aliphatic heterocycles. The van der Waals surface area contributed by atoms with Crippen LogP contribution in [0.25, 0.3) is 0 Å². The van der Waals surface area contributed by atoms with Gasteiger partial charge in [-0.3, -0.25) is 19.7 Å². The number of hydrogen-bond donors (Lipinski definition) is 2. The number of hydrogen-bond acceptors (Lipinski definition) is 5. The molecule has 3 rings (SSSR count). The van der Waals surface area contributed by atoms with Gasteiger partial charge in [-0.2, -0.15) is 0 Å². The molecular weight excluding hydrogens is 362 g/mol.